The maximum atomic E-state index is 11.8. The summed E-state index contributed by atoms with van der Waals surface area (Å²) in [5, 5.41) is -0.596. The van der Waals surface area contributed by atoms with Crippen molar-refractivity contribution in [2.45, 2.75) is 25.4 Å². The van der Waals surface area contributed by atoms with Crippen LogP contribution >= 0.6 is 12.2 Å². The lowest BCUT2D eigenvalue weighted by molar-refractivity contribution is 0.153. The number of ether oxygens (including phenoxy) is 1. The molecule has 1 nitrogen and oxygen atoms in total. The normalized spacial score (nSPS) is 22.6. The molecule has 0 bridgehead atoms. The third-order valence-corrected chi connectivity index (χ3v) is 1.69. The lowest BCUT2D eigenvalue weighted by Gasteiger charge is -2.11. The molecule has 0 heterocycles. The van der Waals surface area contributed by atoms with Crippen LogP contribution in [-0.4, -0.2) is 17.6 Å². The Morgan fingerprint density at radius 2 is 2.36 bits per heavy atom. The van der Waals surface area contributed by atoms with Crippen molar-refractivity contribution in [2.24, 2.45) is 0 Å². The Balaban J connectivity index is 2.30. The van der Waals surface area contributed by atoms with Crippen molar-refractivity contribution in [3.8, 4) is 0 Å². The summed E-state index contributed by atoms with van der Waals surface area (Å²) in [5.41, 5.74) is 0. The molecular weight excluding hydrogens is 170 g/mol. The second-order valence-electron chi connectivity index (χ2n) is 2.28. The minimum atomic E-state index is -2.64. The van der Waals surface area contributed by atoms with E-state index in [1.54, 1.807) is 6.08 Å². The fourth-order valence-electron chi connectivity index (χ4n) is 0.904. The molecule has 0 radical (unpaired) electrons. The van der Waals surface area contributed by atoms with Gasteiger partial charge in [-0.3, -0.25) is 0 Å². The van der Waals surface area contributed by atoms with E-state index in [0.717, 1.165) is 12.8 Å². The predicted octanol–water partition coefficient (Wildman–Crippen LogP) is 2.31. The molecule has 0 aromatic rings. The molecule has 0 spiro atoms. The second kappa shape index (κ2) is 3.76. The summed E-state index contributed by atoms with van der Waals surface area (Å²) >= 11 is 4.31. The van der Waals surface area contributed by atoms with Crippen LogP contribution in [0, 0.1) is 0 Å². The zero-order chi connectivity index (χ0) is 8.27. The molecule has 0 saturated heterocycles. The molecule has 0 aliphatic heterocycles. The van der Waals surface area contributed by atoms with Gasteiger partial charge in [-0.1, -0.05) is 6.08 Å². The number of thiocarbonyl (C=S) groups is 1. The standard InChI is InChI=1S/C7H8F2OS/c8-6(9)7(11)10-5-3-1-2-4-5/h1,3,5-6H,2,4H2. The summed E-state index contributed by atoms with van der Waals surface area (Å²) in [7, 11) is 0. The Bertz CT molecular complexity index is 179. The Labute approximate surface area is 69.0 Å². The number of allylic oxidation sites excluding steroid dienone is 1. The van der Waals surface area contributed by atoms with Crippen molar-refractivity contribution in [2.75, 3.05) is 0 Å². The van der Waals surface area contributed by atoms with Gasteiger partial charge in [-0.05, 0) is 31.1 Å². The van der Waals surface area contributed by atoms with Crippen molar-refractivity contribution < 1.29 is 13.5 Å². The number of rotatable bonds is 2. The Morgan fingerprint density at radius 3 is 2.82 bits per heavy atom. The van der Waals surface area contributed by atoms with E-state index in [2.05, 4.69) is 12.2 Å². The van der Waals surface area contributed by atoms with Gasteiger partial charge in [-0.2, -0.15) is 0 Å². The Hall–Kier alpha value is -0.510. The van der Waals surface area contributed by atoms with Crippen LogP contribution in [-0.2, 0) is 4.74 Å². The summed E-state index contributed by atoms with van der Waals surface area (Å²) in [6.45, 7) is 0. The highest BCUT2D eigenvalue weighted by Crippen LogP contribution is 2.14. The molecule has 62 valence electrons. The average molecular weight is 178 g/mol. The van der Waals surface area contributed by atoms with Crippen molar-refractivity contribution in [1.82, 2.24) is 0 Å². The third-order valence-electron chi connectivity index (χ3n) is 1.41. The first-order chi connectivity index (χ1) is 5.20. The topological polar surface area (TPSA) is 9.23 Å². The van der Waals surface area contributed by atoms with Crippen molar-refractivity contribution in [3.05, 3.63) is 12.2 Å². The second-order valence-corrected chi connectivity index (χ2v) is 2.68. The summed E-state index contributed by atoms with van der Waals surface area (Å²) in [6, 6.07) is 0. The largest absolute Gasteiger partial charge is 0.475 e. The van der Waals surface area contributed by atoms with Crippen LogP contribution in [0.4, 0.5) is 8.78 Å². The average Bonchev–Trinajstić information content (AvgIpc) is 2.39. The van der Waals surface area contributed by atoms with Gasteiger partial charge in [0.25, 0.3) is 0 Å². The minimum Gasteiger partial charge on any atom is -0.475 e. The number of halogens is 2. The van der Waals surface area contributed by atoms with E-state index in [1.165, 1.54) is 0 Å². The van der Waals surface area contributed by atoms with E-state index in [0.29, 0.717) is 0 Å². The molecule has 0 fully saturated rings. The third kappa shape index (κ3) is 2.54. The predicted molar refractivity (Wildman–Crippen MR) is 41.8 cm³/mol. The van der Waals surface area contributed by atoms with Crippen LogP contribution < -0.4 is 0 Å². The van der Waals surface area contributed by atoms with E-state index >= 15 is 0 Å². The minimum absolute atomic E-state index is 0.225. The number of hydrogen-bond donors (Lipinski definition) is 0. The maximum absolute atomic E-state index is 11.8. The molecule has 0 saturated carbocycles. The first kappa shape index (κ1) is 8.59. The van der Waals surface area contributed by atoms with Gasteiger partial charge in [0.05, 0.1) is 0 Å². The first-order valence-corrected chi connectivity index (χ1v) is 3.76. The monoisotopic (exact) mass is 178 g/mol. The molecule has 1 aliphatic rings. The zero-order valence-corrected chi connectivity index (χ0v) is 6.61. The van der Waals surface area contributed by atoms with Crippen molar-refractivity contribution >= 4 is 17.3 Å². The molecule has 1 atom stereocenters. The summed E-state index contributed by atoms with van der Waals surface area (Å²) < 4.78 is 28.4. The highest BCUT2D eigenvalue weighted by atomic mass is 32.1. The van der Waals surface area contributed by atoms with Crippen LogP contribution in [0.5, 0.6) is 0 Å². The van der Waals surface area contributed by atoms with Crippen LogP contribution in [0.3, 0.4) is 0 Å². The molecule has 0 amide bonds. The van der Waals surface area contributed by atoms with Crippen LogP contribution in [0.2, 0.25) is 0 Å². The van der Waals surface area contributed by atoms with Gasteiger partial charge in [0, 0.05) is 0 Å². The first-order valence-electron chi connectivity index (χ1n) is 3.35. The highest BCUT2D eigenvalue weighted by Gasteiger charge is 2.17. The molecule has 4 heteroatoms. The van der Waals surface area contributed by atoms with Gasteiger partial charge in [0.1, 0.15) is 6.10 Å². The van der Waals surface area contributed by atoms with E-state index < -0.39 is 11.5 Å². The summed E-state index contributed by atoms with van der Waals surface area (Å²) in [6.07, 6.45) is 2.44. The number of hydrogen-bond acceptors (Lipinski definition) is 2. The SMILES string of the molecule is FC(F)C(=S)OC1C=CCC1. The molecule has 0 N–H and O–H groups in total. The Morgan fingerprint density at radius 1 is 1.64 bits per heavy atom. The van der Waals surface area contributed by atoms with Crippen molar-refractivity contribution in [3.63, 3.8) is 0 Å². The molecule has 1 aliphatic carbocycles. The van der Waals surface area contributed by atoms with E-state index in [-0.39, 0.29) is 6.10 Å². The molecule has 1 rings (SSSR count). The molecule has 0 aromatic heterocycles. The van der Waals surface area contributed by atoms with Crippen LogP contribution in [0.25, 0.3) is 0 Å². The summed E-state index contributed by atoms with van der Waals surface area (Å²) in [5.74, 6) is 0. The van der Waals surface area contributed by atoms with E-state index in [9.17, 15) is 8.78 Å². The maximum Gasteiger partial charge on any atom is 0.305 e. The Kier molecular flexibility index (Phi) is 2.93. The summed E-state index contributed by atoms with van der Waals surface area (Å²) in [4.78, 5) is 0. The quantitative estimate of drug-likeness (QED) is 0.474. The lowest BCUT2D eigenvalue weighted by atomic mass is 10.3. The molecular formula is C7H8F2OS. The highest BCUT2D eigenvalue weighted by molar-refractivity contribution is 7.80. The van der Waals surface area contributed by atoms with E-state index in [1.807, 2.05) is 6.08 Å². The number of alkyl halides is 2. The van der Waals surface area contributed by atoms with E-state index in [4.69, 9.17) is 4.74 Å². The zero-order valence-electron chi connectivity index (χ0n) is 5.80. The van der Waals surface area contributed by atoms with Crippen LogP contribution in [0.1, 0.15) is 12.8 Å². The van der Waals surface area contributed by atoms with Gasteiger partial charge in [0.2, 0.25) is 5.05 Å². The molecule has 11 heavy (non-hydrogen) atoms. The van der Waals surface area contributed by atoms with Gasteiger partial charge >= 0.3 is 6.43 Å². The van der Waals surface area contributed by atoms with Crippen molar-refractivity contribution in [1.29, 1.82) is 0 Å². The fourth-order valence-corrected chi connectivity index (χ4v) is 1.03. The van der Waals surface area contributed by atoms with Gasteiger partial charge in [-0.15, -0.1) is 0 Å². The fraction of sp³-hybridized carbons (Fsp3) is 0.571. The van der Waals surface area contributed by atoms with Gasteiger partial charge in [-0.25, -0.2) is 8.78 Å². The smallest absolute Gasteiger partial charge is 0.305 e. The molecule has 1 unspecified atom stereocenters. The lowest BCUT2D eigenvalue weighted by Crippen LogP contribution is -2.18. The molecule has 0 aromatic carbocycles. The van der Waals surface area contributed by atoms with Gasteiger partial charge in [0.15, 0.2) is 0 Å². The van der Waals surface area contributed by atoms with Crippen LogP contribution in [0.15, 0.2) is 12.2 Å². The van der Waals surface area contributed by atoms with Gasteiger partial charge < -0.3 is 4.74 Å².